The first-order chi connectivity index (χ1) is 8.06. The summed E-state index contributed by atoms with van der Waals surface area (Å²) in [6, 6.07) is 0. The third kappa shape index (κ3) is 2.30. The van der Waals surface area contributed by atoms with E-state index >= 15 is 0 Å². The van der Waals surface area contributed by atoms with Crippen molar-refractivity contribution in [2.45, 2.75) is 76.3 Å². The summed E-state index contributed by atoms with van der Waals surface area (Å²) in [5.41, 5.74) is -0.367. The Kier molecular flexibility index (Phi) is 3.28. The van der Waals surface area contributed by atoms with Gasteiger partial charge < -0.3 is 9.53 Å². The quantitative estimate of drug-likeness (QED) is 0.785. The first kappa shape index (κ1) is 14.2. The molecule has 4 heteroatoms. The summed E-state index contributed by atoms with van der Waals surface area (Å²) in [7, 11) is -1.88. The van der Waals surface area contributed by atoms with Crippen LogP contribution in [0.1, 0.15) is 46.5 Å². The van der Waals surface area contributed by atoms with Crippen molar-refractivity contribution in [2.75, 3.05) is 0 Å². The van der Waals surface area contributed by atoms with E-state index in [1.807, 2.05) is 0 Å². The molecule has 0 saturated heterocycles. The van der Waals surface area contributed by atoms with E-state index in [4.69, 9.17) is 4.43 Å². The zero-order valence-corrected chi connectivity index (χ0v) is 13.2. The molecule has 3 aliphatic carbocycles. The molecule has 0 unspecified atom stereocenters. The van der Waals surface area contributed by atoms with Gasteiger partial charge in [0.1, 0.15) is 5.78 Å². The van der Waals surface area contributed by atoms with Gasteiger partial charge >= 0.3 is 0 Å². The molecule has 18 heavy (non-hydrogen) atoms. The van der Waals surface area contributed by atoms with Crippen LogP contribution in [0.5, 0.6) is 0 Å². The maximum Gasteiger partial charge on any atom is 0.192 e. The summed E-state index contributed by atoms with van der Waals surface area (Å²) in [5, 5.41) is 10.2. The smallest absolute Gasteiger partial charge is 0.192 e. The number of rotatable bonds is 2. The van der Waals surface area contributed by atoms with Crippen LogP contribution in [0, 0.1) is 5.92 Å². The van der Waals surface area contributed by atoms with E-state index in [2.05, 4.69) is 33.9 Å². The van der Waals surface area contributed by atoms with E-state index in [1.54, 1.807) is 0 Å². The second kappa shape index (κ2) is 4.15. The van der Waals surface area contributed by atoms with Crippen LogP contribution < -0.4 is 0 Å². The molecule has 0 aliphatic heterocycles. The van der Waals surface area contributed by atoms with Crippen LogP contribution >= 0.6 is 0 Å². The van der Waals surface area contributed by atoms with Crippen molar-refractivity contribution in [1.82, 2.24) is 0 Å². The summed E-state index contributed by atoms with van der Waals surface area (Å²) in [6.45, 7) is 11.1. The van der Waals surface area contributed by atoms with Gasteiger partial charge in [0.2, 0.25) is 0 Å². The van der Waals surface area contributed by atoms with Gasteiger partial charge in [-0.3, -0.25) is 4.79 Å². The molecule has 3 aliphatic rings. The monoisotopic (exact) mass is 270 g/mol. The molecular weight excluding hydrogens is 244 g/mol. The Morgan fingerprint density at radius 1 is 1.39 bits per heavy atom. The van der Waals surface area contributed by atoms with Crippen molar-refractivity contribution in [1.29, 1.82) is 0 Å². The third-order valence-corrected chi connectivity index (χ3v) is 9.70. The predicted molar refractivity (Wildman–Crippen MR) is 74.0 cm³/mol. The van der Waals surface area contributed by atoms with E-state index in [0.717, 1.165) is 12.8 Å². The maximum atomic E-state index is 12.0. The standard InChI is InChI=1S/C14H26O3Si/c1-13(2,3)18(4,5)17-14-7-6-10(11(15)8-14)12(16)9-14/h10-11,15H,6-9H2,1-5H3/t10-,11-,14-/m1/s1. The van der Waals surface area contributed by atoms with Gasteiger partial charge in [-0.25, -0.2) is 0 Å². The molecule has 3 rings (SSSR count). The van der Waals surface area contributed by atoms with Crippen molar-refractivity contribution in [3.05, 3.63) is 0 Å². The summed E-state index contributed by atoms with van der Waals surface area (Å²) >= 11 is 0. The third-order valence-electron chi connectivity index (χ3n) is 5.14. The highest BCUT2D eigenvalue weighted by Crippen LogP contribution is 2.49. The number of aliphatic hydroxyl groups excluding tert-OH is 1. The van der Waals surface area contributed by atoms with Crippen molar-refractivity contribution >= 4 is 14.1 Å². The van der Waals surface area contributed by atoms with E-state index < -0.39 is 14.4 Å². The minimum atomic E-state index is -1.88. The highest BCUT2D eigenvalue weighted by molar-refractivity contribution is 6.74. The first-order valence-electron chi connectivity index (χ1n) is 6.97. The Balaban J connectivity index is 2.20. The molecule has 3 saturated carbocycles. The number of carbonyl (C=O) groups is 1. The number of carbonyl (C=O) groups excluding carboxylic acids is 1. The Morgan fingerprint density at radius 3 is 2.44 bits per heavy atom. The van der Waals surface area contributed by atoms with E-state index in [0.29, 0.717) is 12.8 Å². The number of fused-ring (bicyclic) bond motifs is 3. The van der Waals surface area contributed by atoms with Gasteiger partial charge in [0.05, 0.1) is 11.7 Å². The average Bonchev–Trinajstić information content (AvgIpc) is 2.12. The second-order valence-electron chi connectivity index (χ2n) is 7.61. The molecule has 0 radical (unpaired) electrons. The SMILES string of the molecule is CC(C)(C)[Si](C)(C)O[C@@]12CC[C@@H](C(=O)C1)[C@H](O)C2. The van der Waals surface area contributed by atoms with Gasteiger partial charge in [-0.2, -0.15) is 0 Å². The molecule has 0 amide bonds. The van der Waals surface area contributed by atoms with Crippen LogP contribution in [-0.4, -0.2) is 30.9 Å². The van der Waals surface area contributed by atoms with Gasteiger partial charge in [-0.05, 0) is 31.0 Å². The van der Waals surface area contributed by atoms with Crippen molar-refractivity contribution < 1.29 is 14.3 Å². The Morgan fingerprint density at radius 2 is 2.00 bits per heavy atom. The fourth-order valence-electron chi connectivity index (χ4n) is 3.04. The second-order valence-corrected chi connectivity index (χ2v) is 12.3. The maximum absolute atomic E-state index is 12.0. The van der Waals surface area contributed by atoms with Crippen LogP contribution in [0.25, 0.3) is 0 Å². The minimum Gasteiger partial charge on any atom is -0.411 e. The van der Waals surface area contributed by atoms with Crippen LogP contribution in [0.3, 0.4) is 0 Å². The molecular formula is C14H26O3Si. The van der Waals surface area contributed by atoms with E-state index in [9.17, 15) is 9.90 Å². The molecule has 104 valence electrons. The number of aliphatic hydroxyl groups is 1. The lowest BCUT2D eigenvalue weighted by atomic mass is 9.65. The van der Waals surface area contributed by atoms with Gasteiger partial charge in [0, 0.05) is 18.8 Å². The fraction of sp³-hybridized carbons (Fsp3) is 0.929. The molecule has 1 N–H and O–H groups in total. The Labute approximate surface area is 111 Å². The van der Waals surface area contributed by atoms with E-state index in [-0.39, 0.29) is 22.3 Å². The fourth-order valence-corrected chi connectivity index (χ4v) is 4.69. The number of ketones is 1. The summed E-state index contributed by atoms with van der Waals surface area (Å²) < 4.78 is 6.52. The number of hydrogen-bond acceptors (Lipinski definition) is 3. The predicted octanol–water partition coefficient (Wildman–Crippen LogP) is 2.88. The number of hydrogen-bond donors (Lipinski definition) is 1. The molecule has 0 aromatic heterocycles. The van der Waals surface area contributed by atoms with Gasteiger partial charge in [0.25, 0.3) is 0 Å². The van der Waals surface area contributed by atoms with Gasteiger partial charge in [-0.15, -0.1) is 0 Å². The van der Waals surface area contributed by atoms with Gasteiger partial charge in [0.15, 0.2) is 8.32 Å². The Bertz CT molecular complexity index is 359. The normalized spacial score (nSPS) is 37.1. The summed E-state index contributed by atoms with van der Waals surface area (Å²) in [5.74, 6) is 0.0913. The zero-order chi connectivity index (χ0) is 13.8. The highest BCUT2D eigenvalue weighted by Gasteiger charge is 2.54. The molecule has 2 bridgehead atoms. The van der Waals surface area contributed by atoms with Gasteiger partial charge in [-0.1, -0.05) is 20.8 Å². The van der Waals surface area contributed by atoms with Crippen LogP contribution in [0.4, 0.5) is 0 Å². The average molecular weight is 270 g/mol. The first-order valence-corrected chi connectivity index (χ1v) is 9.88. The molecule has 0 aromatic rings. The topological polar surface area (TPSA) is 46.5 Å². The lowest BCUT2D eigenvalue weighted by Crippen LogP contribution is -2.59. The molecule has 3 atom stereocenters. The zero-order valence-electron chi connectivity index (χ0n) is 12.2. The molecule has 0 aromatic carbocycles. The molecule has 3 nitrogen and oxygen atoms in total. The van der Waals surface area contributed by atoms with Crippen LogP contribution in [-0.2, 0) is 9.22 Å². The number of Topliss-reactive ketones (excluding diaryl/α,β-unsaturated/α-hetero) is 1. The minimum absolute atomic E-state index is 0.116. The van der Waals surface area contributed by atoms with Crippen LogP contribution in [0.2, 0.25) is 18.1 Å². The van der Waals surface area contributed by atoms with Crippen LogP contribution in [0.15, 0.2) is 0 Å². The molecule has 3 fully saturated rings. The van der Waals surface area contributed by atoms with Crippen molar-refractivity contribution in [3.8, 4) is 0 Å². The lowest BCUT2D eigenvalue weighted by Gasteiger charge is -2.53. The van der Waals surface area contributed by atoms with E-state index in [1.165, 1.54) is 0 Å². The van der Waals surface area contributed by atoms with Crippen molar-refractivity contribution in [2.24, 2.45) is 5.92 Å². The largest absolute Gasteiger partial charge is 0.411 e. The highest BCUT2D eigenvalue weighted by atomic mass is 28.4. The summed E-state index contributed by atoms with van der Waals surface area (Å²) in [6.07, 6.45) is 2.42. The van der Waals surface area contributed by atoms with Crippen molar-refractivity contribution in [3.63, 3.8) is 0 Å². The lowest BCUT2D eigenvalue weighted by molar-refractivity contribution is -0.153. The summed E-state index contributed by atoms with van der Waals surface area (Å²) in [4.78, 5) is 12.0. The molecule has 0 spiro atoms. The Hall–Kier alpha value is -0.193. The molecule has 0 heterocycles.